The molecule has 1 aliphatic rings. The number of sulfonamides is 1. The molecule has 0 aromatic carbocycles. The summed E-state index contributed by atoms with van der Waals surface area (Å²) in [5.41, 5.74) is 0. The van der Waals surface area contributed by atoms with Crippen LogP contribution < -0.4 is 5.32 Å². The molecule has 1 saturated heterocycles. The monoisotopic (exact) mass is 322 g/mol. The second kappa shape index (κ2) is 8.96. The second-order valence-electron chi connectivity index (χ2n) is 4.78. The van der Waals surface area contributed by atoms with Gasteiger partial charge in [-0.15, -0.1) is 0 Å². The number of hydrogen-bond donors (Lipinski definition) is 2. The Hall–Kier alpha value is -1.19. The minimum absolute atomic E-state index is 0.0707. The van der Waals surface area contributed by atoms with Crippen LogP contribution in [0.15, 0.2) is 0 Å². The first kappa shape index (κ1) is 17.9. The van der Waals surface area contributed by atoms with Crippen LogP contribution >= 0.6 is 0 Å². The fourth-order valence-corrected chi connectivity index (χ4v) is 3.30. The highest BCUT2D eigenvalue weighted by molar-refractivity contribution is 7.89. The number of nitrogens with zero attached hydrogens (tertiary/aromatic N) is 1. The van der Waals surface area contributed by atoms with E-state index in [2.05, 4.69) is 5.32 Å². The molecule has 1 amide bonds. The fraction of sp³-hybridized carbons (Fsp3) is 0.833. The van der Waals surface area contributed by atoms with Gasteiger partial charge >= 0.3 is 5.97 Å². The van der Waals surface area contributed by atoms with Crippen molar-refractivity contribution in [1.29, 1.82) is 0 Å². The molecule has 0 aliphatic carbocycles. The Morgan fingerprint density at radius 3 is 2.43 bits per heavy atom. The van der Waals surface area contributed by atoms with Crippen LogP contribution in [0.25, 0.3) is 0 Å². The van der Waals surface area contributed by atoms with E-state index in [-0.39, 0.29) is 24.5 Å². The van der Waals surface area contributed by atoms with Gasteiger partial charge in [-0.1, -0.05) is 0 Å². The molecule has 1 aliphatic heterocycles. The lowest BCUT2D eigenvalue weighted by Crippen LogP contribution is -2.42. The zero-order chi connectivity index (χ0) is 15.7. The van der Waals surface area contributed by atoms with E-state index in [1.165, 1.54) is 4.31 Å². The van der Waals surface area contributed by atoms with Gasteiger partial charge in [0.25, 0.3) is 0 Å². The highest BCUT2D eigenvalue weighted by atomic mass is 32.2. The molecule has 1 fully saturated rings. The Morgan fingerprint density at radius 2 is 1.81 bits per heavy atom. The minimum Gasteiger partial charge on any atom is -0.481 e. The Morgan fingerprint density at radius 1 is 1.14 bits per heavy atom. The molecule has 0 radical (unpaired) electrons. The third kappa shape index (κ3) is 7.39. The van der Waals surface area contributed by atoms with Crippen molar-refractivity contribution in [3.63, 3.8) is 0 Å². The molecule has 21 heavy (non-hydrogen) atoms. The van der Waals surface area contributed by atoms with Gasteiger partial charge in [-0.3, -0.25) is 9.59 Å². The summed E-state index contributed by atoms with van der Waals surface area (Å²) in [6.45, 7) is 1.80. The van der Waals surface area contributed by atoms with Gasteiger partial charge in [0.05, 0.1) is 19.0 Å². The van der Waals surface area contributed by atoms with Gasteiger partial charge in [-0.2, -0.15) is 4.31 Å². The highest BCUT2D eigenvalue weighted by Gasteiger charge is 2.24. The van der Waals surface area contributed by atoms with Crippen LogP contribution in [0.3, 0.4) is 0 Å². The molecule has 0 spiro atoms. The van der Waals surface area contributed by atoms with Crippen molar-refractivity contribution in [3.8, 4) is 0 Å². The van der Waals surface area contributed by atoms with E-state index in [1.54, 1.807) is 0 Å². The van der Waals surface area contributed by atoms with Crippen molar-refractivity contribution >= 4 is 21.9 Å². The van der Waals surface area contributed by atoms with E-state index < -0.39 is 16.0 Å². The summed E-state index contributed by atoms with van der Waals surface area (Å²) in [7, 11) is -3.41. The number of carboxylic acid groups (broad SMARTS) is 1. The molecule has 9 heteroatoms. The van der Waals surface area contributed by atoms with Crippen molar-refractivity contribution < 1.29 is 27.9 Å². The van der Waals surface area contributed by atoms with Crippen molar-refractivity contribution in [2.45, 2.75) is 25.7 Å². The SMILES string of the molecule is O=C(O)CCCCNC(=O)CCS(=O)(=O)N1CCOCC1. The van der Waals surface area contributed by atoms with E-state index in [0.717, 1.165) is 0 Å². The van der Waals surface area contributed by atoms with E-state index >= 15 is 0 Å². The van der Waals surface area contributed by atoms with Gasteiger partial charge in [0.15, 0.2) is 0 Å². The molecule has 0 aromatic rings. The number of rotatable bonds is 9. The van der Waals surface area contributed by atoms with Gasteiger partial charge in [0, 0.05) is 32.5 Å². The number of carbonyl (C=O) groups is 2. The number of aliphatic carboxylic acids is 1. The second-order valence-corrected chi connectivity index (χ2v) is 6.87. The molecule has 0 unspecified atom stereocenters. The Bertz CT molecular complexity index is 445. The van der Waals surface area contributed by atoms with E-state index in [9.17, 15) is 18.0 Å². The average Bonchev–Trinajstić information content (AvgIpc) is 2.45. The standard InChI is InChI=1S/C12H22N2O6S/c15-11(13-5-2-1-3-12(16)17)4-10-21(18,19)14-6-8-20-9-7-14/h1-10H2,(H,13,15)(H,16,17). The molecule has 1 rings (SSSR count). The molecule has 122 valence electrons. The maximum Gasteiger partial charge on any atom is 0.303 e. The van der Waals surface area contributed by atoms with Crippen molar-refractivity contribution in [1.82, 2.24) is 9.62 Å². The van der Waals surface area contributed by atoms with E-state index in [0.29, 0.717) is 45.7 Å². The lowest BCUT2D eigenvalue weighted by atomic mass is 10.2. The number of hydrogen-bond acceptors (Lipinski definition) is 5. The normalized spacial score (nSPS) is 16.6. The lowest BCUT2D eigenvalue weighted by molar-refractivity contribution is -0.137. The molecule has 0 saturated carbocycles. The maximum atomic E-state index is 12.0. The summed E-state index contributed by atoms with van der Waals surface area (Å²) in [4.78, 5) is 21.8. The van der Waals surface area contributed by atoms with Gasteiger partial charge in [-0.25, -0.2) is 8.42 Å². The predicted octanol–water partition coefficient (Wildman–Crippen LogP) is -0.590. The number of carboxylic acids is 1. The summed E-state index contributed by atoms with van der Waals surface area (Å²) in [5.74, 6) is -1.41. The van der Waals surface area contributed by atoms with Crippen molar-refractivity contribution in [3.05, 3.63) is 0 Å². The Balaban J connectivity index is 2.18. The minimum atomic E-state index is -3.41. The zero-order valence-corrected chi connectivity index (χ0v) is 12.7. The number of ether oxygens (including phenoxy) is 1. The molecular formula is C12H22N2O6S. The first-order chi connectivity index (χ1) is 9.92. The van der Waals surface area contributed by atoms with Crippen LogP contribution in [0.1, 0.15) is 25.7 Å². The smallest absolute Gasteiger partial charge is 0.303 e. The topological polar surface area (TPSA) is 113 Å². The molecule has 0 aromatic heterocycles. The van der Waals surface area contributed by atoms with E-state index in [1.807, 2.05) is 0 Å². The van der Waals surface area contributed by atoms with Crippen LogP contribution in [0.2, 0.25) is 0 Å². The van der Waals surface area contributed by atoms with Crippen LogP contribution in [0.4, 0.5) is 0 Å². The van der Waals surface area contributed by atoms with Crippen LogP contribution in [-0.4, -0.2) is 68.3 Å². The average molecular weight is 322 g/mol. The number of nitrogens with one attached hydrogen (secondary N) is 1. The van der Waals surface area contributed by atoms with Crippen LogP contribution in [-0.2, 0) is 24.3 Å². The predicted molar refractivity (Wildman–Crippen MR) is 75.3 cm³/mol. The number of amides is 1. The van der Waals surface area contributed by atoms with Gasteiger partial charge in [-0.05, 0) is 12.8 Å². The van der Waals surface area contributed by atoms with Gasteiger partial charge < -0.3 is 15.2 Å². The molecular weight excluding hydrogens is 300 g/mol. The first-order valence-corrected chi connectivity index (χ1v) is 8.57. The maximum absolute atomic E-state index is 12.0. The quantitative estimate of drug-likeness (QED) is 0.549. The largest absolute Gasteiger partial charge is 0.481 e. The van der Waals surface area contributed by atoms with Crippen LogP contribution in [0, 0.1) is 0 Å². The van der Waals surface area contributed by atoms with E-state index in [4.69, 9.17) is 9.84 Å². The Labute approximate surface area is 124 Å². The fourth-order valence-electron chi connectivity index (χ4n) is 1.89. The molecule has 0 atom stereocenters. The summed E-state index contributed by atoms with van der Waals surface area (Å²) in [6.07, 6.45) is 1.04. The molecule has 2 N–H and O–H groups in total. The van der Waals surface area contributed by atoms with Crippen LogP contribution in [0.5, 0.6) is 0 Å². The third-order valence-electron chi connectivity index (χ3n) is 3.09. The van der Waals surface area contributed by atoms with Crippen molar-refractivity contribution in [2.24, 2.45) is 0 Å². The highest BCUT2D eigenvalue weighted by Crippen LogP contribution is 2.06. The number of carbonyl (C=O) groups excluding carboxylic acids is 1. The molecule has 1 heterocycles. The van der Waals surface area contributed by atoms with Gasteiger partial charge in [0.2, 0.25) is 15.9 Å². The summed E-state index contributed by atoms with van der Waals surface area (Å²) in [5, 5.41) is 11.0. The third-order valence-corrected chi connectivity index (χ3v) is 4.96. The van der Waals surface area contributed by atoms with Crippen molar-refractivity contribution in [2.75, 3.05) is 38.6 Å². The summed E-state index contributed by atoms with van der Waals surface area (Å²) < 4.78 is 30.4. The van der Waals surface area contributed by atoms with Gasteiger partial charge in [0.1, 0.15) is 0 Å². The number of morpholine rings is 1. The summed E-state index contributed by atoms with van der Waals surface area (Å²) >= 11 is 0. The molecule has 8 nitrogen and oxygen atoms in total. The lowest BCUT2D eigenvalue weighted by Gasteiger charge is -2.25. The molecule has 0 bridgehead atoms. The Kier molecular flexibility index (Phi) is 7.62. The first-order valence-electron chi connectivity index (χ1n) is 6.96. The number of unbranched alkanes of at least 4 members (excludes halogenated alkanes) is 1. The summed E-state index contributed by atoms with van der Waals surface area (Å²) in [6, 6.07) is 0. The zero-order valence-electron chi connectivity index (χ0n) is 11.9.